The molecule has 0 saturated heterocycles. The van der Waals surface area contributed by atoms with Crippen molar-refractivity contribution in [2.24, 2.45) is 0 Å². The van der Waals surface area contributed by atoms with Gasteiger partial charge in [0.25, 0.3) is 0 Å². The first-order chi connectivity index (χ1) is 8.16. The fraction of sp³-hybridized carbons (Fsp3) is 0.538. The first kappa shape index (κ1) is 15.0. The van der Waals surface area contributed by atoms with Gasteiger partial charge in [-0.3, -0.25) is 0 Å². The highest BCUT2D eigenvalue weighted by molar-refractivity contribution is 7.91. The molecule has 0 fully saturated rings. The van der Waals surface area contributed by atoms with Crippen LogP contribution in [0.3, 0.4) is 0 Å². The van der Waals surface area contributed by atoms with Crippen molar-refractivity contribution in [2.45, 2.75) is 44.2 Å². The molecule has 2 N–H and O–H groups in total. The summed E-state index contributed by atoms with van der Waals surface area (Å²) in [4.78, 5) is 0.325. The molecule has 0 spiro atoms. The number of sulfone groups is 1. The van der Waals surface area contributed by atoms with Gasteiger partial charge in [-0.15, -0.1) is 0 Å². The molecular formula is C13H21NO3S. The third-order valence-electron chi connectivity index (χ3n) is 3.04. The van der Waals surface area contributed by atoms with Gasteiger partial charge in [0.05, 0.1) is 22.3 Å². The van der Waals surface area contributed by atoms with Crippen LogP contribution < -0.4 is 5.32 Å². The van der Waals surface area contributed by atoms with E-state index in [9.17, 15) is 13.5 Å². The van der Waals surface area contributed by atoms with Gasteiger partial charge in [-0.2, -0.15) is 0 Å². The van der Waals surface area contributed by atoms with Gasteiger partial charge in [-0.25, -0.2) is 8.42 Å². The maximum atomic E-state index is 11.6. The maximum absolute atomic E-state index is 11.6. The van der Waals surface area contributed by atoms with Crippen LogP contribution in [-0.2, 0) is 9.84 Å². The number of hydrogen-bond acceptors (Lipinski definition) is 4. The van der Waals surface area contributed by atoms with Crippen LogP contribution >= 0.6 is 0 Å². The van der Waals surface area contributed by atoms with E-state index in [2.05, 4.69) is 5.32 Å². The van der Waals surface area contributed by atoms with Gasteiger partial charge in [0.15, 0.2) is 9.84 Å². The first-order valence-electron chi connectivity index (χ1n) is 5.98. The van der Waals surface area contributed by atoms with E-state index in [1.54, 1.807) is 45.0 Å². The molecule has 0 heterocycles. The van der Waals surface area contributed by atoms with Crippen molar-refractivity contribution in [3.8, 4) is 0 Å². The molecule has 102 valence electrons. The van der Waals surface area contributed by atoms with E-state index in [1.807, 2.05) is 6.92 Å². The Kier molecular flexibility index (Phi) is 4.40. The molecule has 1 atom stereocenters. The molecule has 18 heavy (non-hydrogen) atoms. The van der Waals surface area contributed by atoms with E-state index in [1.165, 1.54) is 0 Å². The molecule has 0 radical (unpaired) electrons. The van der Waals surface area contributed by atoms with Crippen LogP contribution in [0.2, 0.25) is 0 Å². The minimum Gasteiger partial charge on any atom is -0.388 e. The summed E-state index contributed by atoms with van der Waals surface area (Å²) in [5.74, 6) is 0.0971. The van der Waals surface area contributed by atoms with Crippen molar-refractivity contribution in [2.75, 3.05) is 11.1 Å². The number of anilines is 1. The average Bonchev–Trinajstić information content (AvgIpc) is 2.28. The molecule has 5 heteroatoms. The average molecular weight is 271 g/mol. The molecule has 4 nitrogen and oxygen atoms in total. The van der Waals surface area contributed by atoms with E-state index in [0.29, 0.717) is 4.90 Å². The minimum atomic E-state index is -3.15. The molecule has 0 aliphatic rings. The van der Waals surface area contributed by atoms with E-state index in [4.69, 9.17) is 0 Å². The van der Waals surface area contributed by atoms with Crippen molar-refractivity contribution in [1.82, 2.24) is 0 Å². The summed E-state index contributed by atoms with van der Waals surface area (Å²) in [5, 5.41) is 12.9. The summed E-state index contributed by atoms with van der Waals surface area (Å²) in [6.07, 6.45) is 0. The number of aliphatic hydroxyl groups is 1. The quantitative estimate of drug-likeness (QED) is 0.860. The second kappa shape index (κ2) is 5.28. The Morgan fingerprint density at radius 3 is 2.17 bits per heavy atom. The zero-order valence-corrected chi connectivity index (χ0v) is 12.1. The number of benzene rings is 1. The summed E-state index contributed by atoms with van der Waals surface area (Å²) < 4.78 is 23.3. The van der Waals surface area contributed by atoms with Crippen molar-refractivity contribution >= 4 is 15.5 Å². The van der Waals surface area contributed by atoms with E-state index < -0.39 is 15.4 Å². The molecule has 1 aromatic carbocycles. The smallest absolute Gasteiger partial charge is 0.178 e. The molecule has 1 aromatic rings. The summed E-state index contributed by atoms with van der Waals surface area (Å²) in [5.41, 5.74) is -0.0478. The van der Waals surface area contributed by atoms with Crippen LogP contribution in [0.4, 0.5) is 5.69 Å². The van der Waals surface area contributed by atoms with Crippen LogP contribution in [0.15, 0.2) is 29.2 Å². The minimum absolute atomic E-state index is 0.0971. The topological polar surface area (TPSA) is 66.4 Å². The Morgan fingerprint density at radius 2 is 1.78 bits per heavy atom. The third-order valence-corrected chi connectivity index (χ3v) is 4.79. The normalized spacial score (nSPS) is 14.3. The van der Waals surface area contributed by atoms with Crippen LogP contribution in [0.1, 0.15) is 27.7 Å². The second-order valence-corrected chi connectivity index (χ2v) is 7.23. The van der Waals surface area contributed by atoms with Crippen LogP contribution in [-0.4, -0.2) is 30.9 Å². The Balaban J connectivity index is 2.85. The standard InChI is InChI=1S/C13H21NO3S/c1-5-18(16,17)12-8-6-11(7-9-12)14-10(2)13(3,4)15/h6-10,14-15H,5H2,1-4H3. The Morgan fingerprint density at radius 1 is 1.28 bits per heavy atom. The predicted molar refractivity (Wildman–Crippen MR) is 73.6 cm³/mol. The van der Waals surface area contributed by atoms with E-state index in [-0.39, 0.29) is 11.8 Å². The van der Waals surface area contributed by atoms with E-state index >= 15 is 0 Å². The Labute approximate surface area is 109 Å². The first-order valence-corrected chi connectivity index (χ1v) is 7.64. The highest BCUT2D eigenvalue weighted by atomic mass is 32.2. The highest BCUT2D eigenvalue weighted by Crippen LogP contribution is 2.18. The molecule has 0 aliphatic heterocycles. The molecule has 0 saturated carbocycles. The fourth-order valence-corrected chi connectivity index (χ4v) is 2.24. The third kappa shape index (κ3) is 3.71. The number of hydrogen-bond donors (Lipinski definition) is 2. The summed E-state index contributed by atoms with van der Waals surface area (Å²) in [7, 11) is -3.15. The van der Waals surface area contributed by atoms with Crippen molar-refractivity contribution in [3.05, 3.63) is 24.3 Å². The number of rotatable bonds is 5. The van der Waals surface area contributed by atoms with Gasteiger partial charge in [-0.05, 0) is 45.0 Å². The largest absolute Gasteiger partial charge is 0.388 e. The molecule has 0 aromatic heterocycles. The summed E-state index contributed by atoms with van der Waals surface area (Å²) >= 11 is 0. The highest BCUT2D eigenvalue weighted by Gasteiger charge is 2.22. The molecule has 0 bridgehead atoms. The number of nitrogens with one attached hydrogen (secondary N) is 1. The van der Waals surface area contributed by atoms with Crippen molar-refractivity contribution in [1.29, 1.82) is 0 Å². The van der Waals surface area contributed by atoms with Gasteiger partial charge in [0.1, 0.15) is 0 Å². The SMILES string of the molecule is CCS(=O)(=O)c1ccc(NC(C)C(C)(C)O)cc1. The van der Waals surface area contributed by atoms with Gasteiger partial charge in [-0.1, -0.05) is 6.92 Å². The van der Waals surface area contributed by atoms with Crippen LogP contribution in [0, 0.1) is 0 Å². The fourth-order valence-electron chi connectivity index (χ4n) is 1.35. The van der Waals surface area contributed by atoms with Gasteiger partial charge >= 0.3 is 0 Å². The monoisotopic (exact) mass is 271 g/mol. The lowest BCUT2D eigenvalue weighted by Crippen LogP contribution is -2.39. The van der Waals surface area contributed by atoms with Crippen LogP contribution in [0.25, 0.3) is 0 Å². The molecule has 0 amide bonds. The predicted octanol–water partition coefficient (Wildman–Crippen LogP) is 2.05. The zero-order valence-electron chi connectivity index (χ0n) is 11.3. The zero-order chi connectivity index (χ0) is 14.0. The lowest BCUT2D eigenvalue weighted by atomic mass is 10.0. The Bertz CT molecular complexity index is 486. The van der Waals surface area contributed by atoms with Gasteiger partial charge in [0.2, 0.25) is 0 Å². The molecule has 1 rings (SSSR count). The lowest BCUT2D eigenvalue weighted by Gasteiger charge is -2.27. The second-order valence-electron chi connectivity index (χ2n) is 4.95. The molecular weight excluding hydrogens is 250 g/mol. The van der Waals surface area contributed by atoms with Gasteiger partial charge in [0, 0.05) is 5.69 Å². The lowest BCUT2D eigenvalue weighted by molar-refractivity contribution is 0.0649. The van der Waals surface area contributed by atoms with Crippen molar-refractivity contribution < 1.29 is 13.5 Å². The molecule has 0 aliphatic carbocycles. The van der Waals surface area contributed by atoms with E-state index in [0.717, 1.165) is 5.69 Å². The molecule has 1 unspecified atom stereocenters. The summed E-state index contributed by atoms with van der Waals surface area (Å²) in [6.45, 7) is 6.94. The van der Waals surface area contributed by atoms with Gasteiger partial charge < -0.3 is 10.4 Å². The Hall–Kier alpha value is -1.07. The van der Waals surface area contributed by atoms with Crippen molar-refractivity contribution in [3.63, 3.8) is 0 Å². The maximum Gasteiger partial charge on any atom is 0.178 e. The summed E-state index contributed by atoms with van der Waals surface area (Å²) in [6, 6.07) is 6.46. The van der Waals surface area contributed by atoms with Crippen LogP contribution in [0.5, 0.6) is 0 Å².